The third kappa shape index (κ3) is 3.66. The van der Waals surface area contributed by atoms with E-state index in [0.717, 1.165) is 42.1 Å². The summed E-state index contributed by atoms with van der Waals surface area (Å²) in [4.78, 5) is 16.6. The number of aromatic nitrogens is 3. The molecule has 3 heterocycles. The van der Waals surface area contributed by atoms with Crippen LogP contribution < -0.4 is 16.0 Å². The van der Waals surface area contributed by atoms with Crippen LogP contribution in [-0.4, -0.2) is 34.2 Å². The van der Waals surface area contributed by atoms with E-state index in [1.165, 1.54) is 0 Å². The van der Waals surface area contributed by atoms with Crippen LogP contribution in [0.15, 0.2) is 48.7 Å². The molecule has 1 aliphatic heterocycles. The summed E-state index contributed by atoms with van der Waals surface area (Å²) < 4.78 is 0. The van der Waals surface area contributed by atoms with Gasteiger partial charge in [0.15, 0.2) is 5.82 Å². The highest BCUT2D eigenvalue weighted by atomic mass is 16.1. The van der Waals surface area contributed by atoms with Crippen molar-refractivity contribution < 1.29 is 4.79 Å². The first-order valence-electron chi connectivity index (χ1n) is 8.69. The summed E-state index contributed by atoms with van der Waals surface area (Å²) in [6.45, 7) is 1.45. The molecule has 0 fully saturated rings. The molecule has 4 N–H and O–H groups in total. The average Bonchev–Trinajstić information content (AvgIpc) is 3.13. The lowest BCUT2D eigenvalue weighted by atomic mass is 10.2. The van der Waals surface area contributed by atoms with Crippen LogP contribution in [0.1, 0.15) is 23.2 Å². The van der Waals surface area contributed by atoms with Gasteiger partial charge in [-0.15, -0.1) is 0 Å². The predicted octanol–water partition coefficient (Wildman–Crippen LogP) is 3.15. The van der Waals surface area contributed by atoms with E-state index >= 15 is 0 Å². The topological polar surface area (TPSA) is 94.7 Å². The number of anilines is 3. The number of benzene rings is 1. The van der Waals surface area contributed by atoms with Crippen molar-refractivity contribution in [2.75, 3.05) is 23.7 Å². The monoisotopic (exact) mass is 348 g/mol. The molecule has 26 heavy (non-hydrogen) atoms. The number of nitrogens with zero attached hydrogens (tertiary/aromatic N) is 2. The van der Waals surface area contributed by atoms with Gasteiger partial charge in [0.2, 0.25) is 0 Å². The van der Waals surface area contributed by atoms with E-state index in [-0.39, 0.29) is 5.91 Å². The Morgan fingerprint density at radius 1 is 0.885 bits per heavy atom. The molecular weight excluding hydrogens is 328 g/mol. The zero-order valence-electron chi connectivity index (χ0n) is 14.2. The van der Waals surface area contributed by atoms with Crippen LogP contribution in [0, 0.1) is 0 Å². The molecule has 3 aromatic rings. The standard InChI is InChI=1S/C19H20N6O/c26-19-14-4-3-5-15(10-14)23-18-12-16(24-25-18)13-6-9-21-17(11-13)20-7-1-2-8-22-19/h3-6,9-12H,1-2,7-8H2,(H,20,21)(H,22,26)(H2,23,24,25). The Labute approximate surface area is 151 Å². The van der Waals surface area contributed by atoms with Gasteiger partial charge in [0.25, 0.3) is 5.91 Å². The number of amides is 1. The van der Waals surface area contributed by atoms with Crippen LogP contribution in [0.25, 0.3) is 11.3 Å². The maximum absolute atomic E-state index is 12.3. The van der Waals surface area contributed by atoms with Crippen molar-refractivity contribution in [2.24, 2.45) is 0 Å². The summed E-state index contributed by atoms with van der Waals surface area (Å²) in [6, 6.07) is 13.3. The quantitative estimate of drug-likeness (QED) is 0.501. The molecule has 0 unspecified atom stereocenters. The van der Waals surface area contributed by atoms with Crippen LogP contribution in [0.2, 0.25) is 0 Å². The molecule has 1 amide bonds. The van der Waals surface area contributed by atoms with Gasteiger partial charge < -0.3 is 16.0 Å². The Hall–Kier alpha value is -3.35. The molecule has 0 spiro atoms. The van der Waals surface area contributed by atoms with Crippen LogP contribution >= 0.6 is 0 Å². The fourth-order valence-electron chi connectivity index (χ4n) is 2.88. The van der Waals surface area contributed by atoms with Crippen molar-refractivity contribution in [2.45, 2.75) is 12.8 Å². The number of pyridine rings is 1. The Kier molecular flexibility index (Phi) is 4.51. The molecule has 132 valence electrons. The van der Waals surface area contributed by atoms with Gasteiger partial charge in [0.1, 0.15) is 5.82 Å². The molecule has 2 aromatic heterocycles. The number of H-pyrrole nitrogens is 1. The van der Waals surface area contributed by atoms with Crippen LogP contribution in [-0.2, 0) is 0 Å². The van der Waals surface area contributed by atoms with Gasteiger partial charge in [-0.05, 0) is 43.2 Å². The van der Waals surface area contributed by atoms with Crippen molar-refractivity contribution in [3.05, 3.63) is 54.2 Å². The highest BCUT2D eigenvalue weighted by Gasteiger charge is 2.09. The van der Waals surface area contributed by atoms with Gasteiger partial charge in [0, 0.05) is 42.2 Å². The van der Waals surface area contributed by atoms with Gasteiger partial charge in [-0.2, -0.15) is 5.10 Å². The number of hydrogen-bond donors (Lipinski definition) is 4. The van der Waals surface area contributed by atoms with Crippen molar-refractivity contribution in [1.82, 2.24) is 20.5 Å². The Balaban J connectivity index is 1.66. The summed E-state index contributed by atoms with van der Waals surface area (Å²) >= 11 is 0. The molecule has 6 bridgehead atoms. The highest BCUT2D eigenvalue weighted by Crippen LogP contribution is 2.24. The molecule has 0 radical (unpaired) electrons. The fourth-order valence-corrected chi connectivity index (χ4v) is 2.88. The summed E-state index contributed by atoms with van der Waals surface area (Å²) in [5, 5.41) is 16.9. The molecular formula is C19H20N6O. The summed E-state index contributed by atoms with van der Waals surface area (Å²) in [7, 11) is 0. The van der Waals surface area contributed by atoms with Crippen LogP contribution in [0.4, 0.5) is 17.3 Å². The Morgan fingerprint density at radius 2 is 1.77 bits per heavy atom. The predicted molar refractivity (Wildman–Crippen MR) is 102 cm³/mol. The first-order valence-corrected chi connectivity index (χ1v) is 8.69. The minimum Gasteiger partial charge on any atom is -0.370 e. The summed E-state index contributed by atoms with van der Waals surface area (Å²) in [6.07, 6.45) is 3.63. The first-order chi connectivity index (χ1) is 12.8. The van der Waals surface area contributed by atoms with Gasteiger partial charge in [-0.3, -0.25) is 9.89 Å². The molecule has 0 saturated heterocycles. The number of carbonyl (C=O) groups excluding carboxylic acids is 1. The normalized spacial score (nSPS) is 14.5. The molecule has 7 nitrogen and oxygen atoms in total. The van der Waals surface area contributed by atoms with E-state index in [0.29, 0.717) is 17.9 Å². The fraction of sp³-hybridized carbons (Fsp3) is 0.211. The molecule has 7 heteroatoms. The molecule has 1 aromatic carbocycles. The van der Waals surface area contributed by atoms with E-state index in [1.807, 2.05) is 42.5 Å². The maximum Gasteiger partial charge on any atom is 0.251 e. The van der Waals surface area contributed by atoms with Crippen LogP contribution in [0.3, 0.4) is 0 Å². The third-order valence-corrected chi connectivity index (χ3v) is 4.24. The lowest BCUT2D eigenvalue weighted by molar-refractivity contribution is 0.0953. The van der Waals surface area contributed by atoms with Crippen molar-refractivity contribution in [1.29, 1.82) is 0 Å². The molecule has 4 rings (SSSR count). The van der Waals surface area contributed by atoms with Gasteiger partial charge in [-0.25, -0.2) is 4.98 Å². The smallest absolute Gasteiger partial charge is 0.251 e. The van der Waals surface area contributed by atoms with Crippen LogP contribution in [0.5, 0.6) is 0 Å². The first kappa shape index (κ1) is 16.1. The van der Waals surface area contributed by atoms with Gasteiger partial charge >= 0.3 is 0 Å². The second-order valence-electron chi connectivity index (χ2n) is 6.19. The zero-order chi connectivity index (χ0) is 17.8. The Bertz CT molecular complexity index is 920. The van der Waals surface area contributed by atoms with Crippen molar-refractivity contribution in [3.63, 3.8) is 0 Å². The second-order valence-corrected chi connectivity index (χ2v) is 6.19. The number of hydrogen-bond acceptors (Lipinski definition) is 5. The number of rotatable bonds is 0. The SMILES string of the molecule is O=C1NCCCCNc2cc(ccn2)-c2cc(n[nH]2)Nc2cccc1c2. The van der Waals surface area contributed by atoms with Gasteiger partial charge in [0.05, 0.1) is 5.69 Å². The van der Waals surface area contributed by atoms with E-state index in [9.17, 15) is 4.79 Å². The molecule has 1 aliphatic rings. The van der Waals surface area contributed by atoms with E-state index < -0.39 is 0 Å². The maximum atomic E-state index is 12.3. The average molecular weight is 348 g/mol. The minimum absolute atomic E-state index is 0.0676. The number of carbonyl (C=O) groups is 1. The second kappa shape index (κ2) is 7.26. The lowest BCUT2D eigenvalue weighted by Gasteiger charge is -2.08. The third-order valence-electron chi connectivity index (χ3n) is 4.24. The number of aromatic amines is 1. The summed E-state index contributed by atoms with van der Waals surface area (Å²) in [5.74, 6) is 1.45. The zero-order valence-corrected chi connectivity index (χ0v) is 14.2. The van der Waals surface area contributed by atoms with E-state index in [2.05, 4.69) is 31.1 Å². The highest BCUT2D eigenvalue weighted by molar-refractivity contribution is 5.95. The van der Waals surface area contributed by atoms with Crippen molar-refractivity contribution >= 4 is 23.2 Å². The molecule has 0 atom stereocenters. The Morgan fingerprint density at radius 3 is 2.69 bits per heavy atom. The van der Waals surface area contributed by atoms with E-state index in [4.69, 9.17) is 0 Å². The lowest BCUT2D eigenvalue weighted by Crippen LogP contribution is -2.24. The minimum atomic E-state index is -0.0676. The molecule has 0 aliphatic carbocycles. The number of nitrogens with one attached hydrogen (secondary N) is 4. The van der Waals surface area contributed by atoms with E-state index in [1.54, 1.807) is 6.20 Å². The van der Waals surface area contributed by atoms with Crippen molar-refractivity contribution in [3.8, 4) is 11.3 Å². The van der Waals surface area contributed by atoms with Gasteiger partial charge in [-0.1, -0.05) is 6.07 Å². The molecule has 0 saturated carbocycles. The number of fused-ring (bicyclic) bond motifs is 7. The summed E-state index contributed by atoms with van der Waals surface area (Å²) in [5.41, 5.74) is 3.36. The largest absolute Gasteiger partial charge is 0.370 e.